The van der Waals surface area contributed by atoms with E-state index in [9.17, 15) is 5.26 Å². The van der Waals surface area contributed by atoms with Crippen LogP contribution < -0.4 is 0 Å². The molecule has 0 spiro atoms. The fourth-order valence-electron chi connectivity index (χ4n) is 2.94. The zero-order valence-electron chi connectivity index (χ0n) is 10.1. The van der Waals surface area contributed by atoms with Gasteiger partial charge in [-0.1, -0.05) is 0 Å². The second kappa shape index (κ2) is 4.70. The van der Waals surface area contributed by atoms with Gasteiger partial charge in [0.25, 0.3) is 0 Å². The van der Waals surface area contributed by atoms with Crippen molar-refractivity contribution in [3.05, 3.63) is 0 Å². The minimum atomic E-state index is -0.332. The summed E-state index contributed by atoms with van der Waals surface area (Å²) in [6.45, 7) is 7.34. The van der Waals surface area contributed by atoms with Crippen molar-refractivity contribution in [3.8, 4) is 6.07 Å². The Morgan fingerprint density at radius 2 is 1.75 bits per heavy atom. The highest BCUT2D eigenvalue weighted by molar-refractivity contribution is 5.12. The van der Waals surface area contributed by atoms with Crippen molar-refractivity contribution in [2.24, 2.45) is 0 Å². The molecule has 16 heavy (non-hydrogen) atoms. The molecule has 0 aromatic heterocycles. The van der Waals surface area contributed by atoms with E-state index in [1.54, 1.807) is 0 Å². The first-order chi connectivity index (χ1) is 7.66. The minimum absolute atomic E-state index is 0.172. The SMILES string of the molecule is CC1CC(C#N)(N2CCOCC2)C[C@@H](C)O1. The van der Waals surface area contributed by atoms with Gasteiger partial charge in [0.2, 0.25) is 0 Å². The lowest BCUT2D eigenvalue weighted by Gasteiger charge is -2.46. The summed E-state index contributed by atoms with van der Waals surface area (Å²) in [4.78, 5) is 2.28. The van der Waals surface area contributed by atoms with Crippen LogP contribution in [0.2, 0.25) is 0 Å². The lowest BCUT2D eigenvalue weighted by molar-refractivity contribution is -0.104. The number of hydrogen-bond acceptors (Lipinski definition) is 4. The monoisotopic (exact) mass is 224 g/mol. The topological polar surface area (TPSA) is 45.5 Å². The molecule has 2 fully saturated rings. The van der Waals surface area contributed by atoms with Gasteiger partial charge < -0.3 is 9.47 Å². The summed E-state index contributed by atoms with van der Waals surface area (Å²) >= 11 is 0. The second-order valence-corrected chi connectivity index (χ2v) is 4.91. The molecule has 2 saturated heterocycles. The molecule has 0 aromatic rings. The molecule has 3 atom stereocenters. The molecule has 4 heteroatoms. The van der Waals surface area contributed by atoms with Crippen molar-refractivity contribution in [2.45, 2.75) is 44.4 Å². The molecule has 2 heterocycles. The van der Waals surface area contributed by atoms with Crippen LogP contribution in [0, 0.1) is 11.3 Å². The lowest BCUT2D eigenvalue weighted by atomic mass is 9.83. The molecule has 2 rings (SSSR count). The van der Waals surface area contributed by atoms with E-state index >= 15 is 0 Å². The van der Waals surface area contributed by atoms with E-state index in [2.05, 4.69) is 24.8 Å². The predicted octanol–water partition coefficient (Wildman–Crippen LogP) is 1.17. The predicted molar refractivity (Wildman–Crippen MR) is 60.0 cm³/mol. The molecule has 0 saturated carbocycles. The summed E-state index contributed by atoms with van der Waals surface area (Å²) in [5.41, 5.74) is -0.332. The van der Waals surface area contributed by atoms with Gasteiger partial charge in [0.1, 0.15) is 5.54 Å². The van der Waals surface area contributed by atoms with Crippen LogP contribution >= 0.6 is 0 Å². The quantitative estimate of drug-likeness (QED) is 0.670. The number of rotatable bonds is 1. The molecule has 0 aliphatic carbocycles. The van der Waals surface area contributed by atoms with Crippen molar-refractivity contribution in [3.63, 3.8) is 0 Å². The van der Waals surface area contributed by atoms with Gasteiger partial charge in [0, 0.05) is 25.9 Å². The van der Waals surface area contributed by atoms with Crippen LogP contribution in [0.25, 0.3) is 0 Å². The van der Waals surface area contributed by atoms with Crippen LogP contribution in [-0.2, 0) is 9.47 Å². The van der Waals surface area contributed by atoms with Crippen molar-refractivity contribution in [1.29, 1.82) is 5.26 Å². The maximum Gasteiger partial charge on any atom is 0.114 e. The van der Waals surface area contributed by atoms with Crippen LogP contribution in [-0.4, -0.2) is 49.0 Å². The average Bonchev–Trinajstić information content (AvgIpc) is 2.29. The first kappa shape index (κ1) is 11.8. The van der Waals surface area contributed by atoms with E-state index in [0.717, 1.165) is 39.1 Å². The Kier molecular flexibility index (Phi) is 3.48. The van der Waals surface area contributed by atoms with Gasteiger partial charge >= 0.3 is 0 Å². The highest BCUT2D eigenvalue weighted by Crippen LogP contribution is 2.34. The molecular formula is C12H20N2O2. The third-order valence-corrected chi connectivity index (χ3v) is 3.54. The maximum absolute atomic E-state index is 9.54. The molecule has 2 aliphatic heterocycles. The molecule has 0 N–H and O–H groups in total. The van der Waals surface area contributed by atoms with E-state index < -0.39 is 0 Å². The number of nitriles is 1. The highest BCUT2D eigenvalue weighted by atomic mass is 16.5. The molecule has 0 aromatic carbocycles. The zero-order chi connectivity index (χ0) is 11.6. The molecule has 0 bridgehead atoms. The van der Waals surface area contributed by atoms with Crippen LogP contribution in [0.1, 0.15) is 26.7 Å². The lowest BCUT2D eigenvalue weighted by Crippen LogP contribution is -2.57. The van der Waals surface area contributed by atoms with Crippen LogP contribution in [0.4, 0.5) is 0 Å². The Labute approximate surface area is 97.1 Å². The van der Waals surface area contributed by atoms with E-state index in [-0.39, 0.29) is 17.7 Å². The molecule has 0 radical (unpaired) electrons. The van der Waals surface area contributed by atoms with Crippen LogP contribution in [0.3, 0.4) is 0 Å². The number of morpholine rings is 1. The smallest absolute Gasteiger partial charge is 0.114 e. The highest BCUT2D eigenvalue weighted by Gasteiger charge is 2.44. The van der Waals surface area contributed by atoms with Crippen LogP contribution in [0.5, 0.6) is 0 Å². The fourth-order valence-corrected chi connectivity index (χ4v) is 2.94. The number of hydrogen-bond donors (Lipinski definition) is 0. The Hall–Kier alpha value is -0.630. The van der Waals surface area contributed by atoms with Gasteiger partial charge in [-0.3, -0.25) is 4.90 Å². The minimum Gasteiger partial charge on any atom is -0.379 e. The van der Waals surface area contributed by atoms with Gasteiger partial charge in [-0.25, -0.2) is 0 Å². The first-order valence-electron chi connectivity index (χ1n) is 6.06. The first-order valence-corrected chi connectivity index (χ1v) is 6.06. The standard InChI is InChI=1S/C12H20N2O2/c1-10-7-12(9-13,8-11(2)16-10)14-3-5-15-6-4-14/h10-11H,3-8H2,1-2H3/t10-,11?,12?/m1/s1. The van der Waals surface area contributed by atoms with Crippen molar-refractivity contribution >= 4 is 0 Å². The summed E-state index contributed by atoms with van der Waals surface area (Å²) in [6.07, 6.45) is 1.97. The van der Waals surface area contributed by atoms with Gasteiger partial charge in [-0.15, -0.1) is 0 Å². The normalized spacial score (nSPS) is 41.6. The fraction of sp³-hybridized carbons (Fsp3) is 0.917. The number of nitrogens with zero attached hydrogens (tertiary/aromatic N) is 2. The van der Waals surface area contributed by atoms with E-state index in [4.69, 9.17) is 9.47 Å². The number of ether oxygens (including phenoxy) is 2. The molecule has 2 aliphatic rings. The largest absolute Gasteiger partial charge is 0.379 e. The second-order valence-electron chi connectivity index (χ2n) is 4.91. The Balaban J connectivity index is 2.14. The maximum atomic E-state index is 9.54. The van der Waals surface area contributed by atoms with E-state index in [1.807, 2.05) is 0 Å². The summed E-state index contributed by atoms with van der Waals surface area (Å²) < 4.78 is 11.1. The summed E-state index contributed by atoms with van der Waals surface area (Å²) in [5.74, 6) is 0. The van der Waals surface area contributed by atoms with Crippen LogP contribution in [0.15, 0.2) is 0 Å². The van der Waals surface area contributed by atoms with Gasteiger partial charge in [0.15, 0.2) is 0 Å². The third-order valence-electron chi connectivity index (χ3n) is 3.54. The summed E-state index contributed by atoms with van der Waals surface area (Å²) in [7, 11) is 0. The van der Waals surface area contributed by atoms with Crippen molar-refractivity contribution in [1.82, 2.24) is 4.90 Å². The molecule has 4 nitrogen and oxygen atoms in total. The zero-order valence-corrected chi connectivity index (χ0v) is 10.1. The summed E-state index contributed by atoms with van der Waals surface area (Å²) in [5, 5.41) is 9.54. The van der Waals surface area contributed by atoms with Crippen molar-refractivity contribution in [2.75, 3.05) is 26.3 Å². The van der Waals surface area contributed by atoms with E-state index in [0.29, 0.717) is 0 Å². The summed E-state index contributed by atoms with van der Waals surface area (Å²) in [6, 6.07) is 2.54. The third kappa shape index (κ3) is 2.22. The molecule has 2 unspecified atom stereocenters. The van der Waals surface area contributed by atoms with Gasteiger partial charge in [-0.05, 0) is 13.8 Å². The molecule has 90 valence electrons. The average molecular weight is 224 g/mol. The Morgan fingerprint density at radius 1 is 1.19 bits per heavy atom. The molecular weight excluding hydrogens is 204 g/mol. The van der Waals surface area contributed by atoms with Gasteiger partial charge in [-0.2, -0.15) is 5.26 Å². The van der Waals surface area contributed by atoms with Gasteiger partial charge in [0.05, 0.1) is 31.5 Å². The van der Waals surface area contributed by atoms with Crippen molar-refractivity contribution < 1.29 is 9.47 Å². The Morgan fingerprint density at radius 3 is 2.25 bits per heavy atom. The molecule has 0 amide bonds. The Bertz CT molecular complexity index is 271. The van der Waals surface area contributed by atoms with E-state index in [1.165, 1.54) is 0 Å².